The molecule has 0 fully saturated rings. The number of rotatable bonds is 2. The molecule has 4 nitrogen and oxygen atoms in total. The van der Waals surface area contributed by atoms with E-state index in [0.717, 1.165) is 22.4 Å². The summed E-state index contributed by atoms with van der Waals surface area (Å²) < 4.78 is 2.38. The molecule has 1 aliphatic rings. The van der Waals surface area contributed by atoms with E-state index >= 15 is 0 Å². The molecule has 0 saturated heterocycles. The van der Waals surface area contributed by atoms with Gasteiger partial charge in [0.15, 0.2) is 0 Å². The van der Waals surface area contributed by atoms with Crippen LogP contribution in [0.1, 0.15) is 25.0 Å². The highest BCUT2D eigenvalue weighted by Gasteiger charge is 2.36. The maximum absolute atomic E-state index is 4.81. The third kappa shape index (κ3) is 2.78. The van der Waals surface area contributed by atoms with E-state index in [1.807, 2.05) is 30.3 Å². The number of hydrogen-bond acceptors (Lipinski definition) is 2. The standard InChI is InChI=1S/C33H24N4/c1-33(2)27-14-8-6-12-23(27)25-19-26-24-13-7-9-15-31(24)36(32(26)20-28(25)33)22-16-17-29-30(18-22)35-37(34-29)21-10-4-3-5-11-21/h3-20H,1-2H3. The van der Waals surface area contributed by atoms with Crippen molar-refractivity contribution in [1.29, 1.82) is 0 Å². The Labute approximate surface area is 214 Å². The van der Waals surface area contributed by atoms with Crippen LogP contribution in [0.3, 0.4) is 0 Å². The maximum atomic E-state index is 4.81. The molecular weight excluding hydrogens is 452 g/mol. The van der Waals surface area contributed by atoms with Crippen molar-refractivity contribution in [2.45, 2.75) is 19.3 Å². The summed E-state index contributed by atoms with van der Waals surface area (Å²) in [6, 6.07) is 38.8. The van der Waals surface area contributed by atoms with Crippen LogP contribution in [0.2, 0.25) is 0 Å². The number of benzene rings is 5. The van der Waals surface area contributed by atoms with E-state index in [2.05, 4.69) is 97.3 Å². The third-order valence-electron chi connectivity index (χ3n) is 7.99. The van der Waals surface area contributed by atoms with Crippen LogP contribution in [0.4, 0.5) is 0 Å². The Morgan fingerprint density at radius 1 is 0.541 bits per heavy atom. The molecule has 4 heteroatoms. The van der Waals surface area contributed by atoms with Gasteiger partial charge < -0.3 is 4.57 Å². The van der Waals surface area contributed by atoms with E-state index < -0.39 is 0 Å². The molecule has 2 aromatic heterocycles. The number of hydrogen-bond donors (Lipinski definition) is 0. The summed E-state index contributed by atoms with van der Waals surface area (Å²) in [6.07, 6.45) is 0. The monoisotopic (exact) mass is 476 g/mol. The Bertz CT molecular complexity index is 2010. The molecule has 0 aliphatic heterocycles. The Kier molecular flexibility index (Phi) is 3.97. The molecule has 0 radical (unpaired) electrons. The van der Waals surface area contributed by atoms with Gasteiger partial charge in [0.2, 0.25) is 0 Å². The second-order valence-electron chi connectivity index (χ2n) is 10.4. The number of para-hydroxylation sites is 2. The molecule has 0 saturated carbocycles. The normalized spacial score (nSPS) is 13.9. The van der Waals surface area contributed by atoms with E-state index in [4.69, 9.17) is 10.2 Å². The van der Waals surface area contributed by atoms with Crippen molar-refractivity contribution in [2.24, 2.45) is 0 Å². The van der Waals surface area contributed by atoms with Crippen molar-refractivity contribution in [1.82, 2.24) is 19.6 Å². The molecule has 0 atom stereocenters. The van der Waals surface area contributed by atoms with Crippen molar-refractivity contribution in [3.05, 3.63) is 120 Å². The largest absolute Gasteiger partial charge is 0.309 e. The van der Waals surface area contributed by atoms with Crippen LogP contribution in [0, 0.1) is 0 Å². The zero-order valence-corrected chi connectivity index (χ0v) is 20.7. The Morgan fingerprint density at radius 2 is 1.30 bits per heavy atom. The van der Waals surface area contributed by atoms with Crippen LogP contribution in [0.15, 0.2) is 109 Å². The molecule has 0 amide bonds. The van der Waals surface area contributed by atoms with E-state index in [-0.39, 0.29) is 5.41 Å². The molecule has 37 heavy (non-hydrogen) atoms. The number of fused-ring (bicyclic) bond motifs is 7. The molecule has 0 spiro atoms. The summed E-state index contributed by atoms with van der Waals surface area (Å²) >= 11 is 0. The van der Waals surface area contributed by atoms with Gasteiger partial charge >= 0.3 is 0 Å². The van der Waals surface area contributed by atoms with Crippen molar-refractivity contribution >= 4 is 32.8 Å². The highest BCUT2D eigenvalue weighted by atomic mass is 15.5. The lowest BCUT2D eigenvalue weighted by Crippen LogP contribution is -2.14. The van der Waals surface area contributed by atoms with E-state index in [1.165, 1.54) is 44.1 Å². The molecule has 5 aromatic carbocycles. The van der Waals surface area contributed by atoms with Gasteiger partial charge in [-0.3, -0.25) is 0 Å². The van der Waals surface area contributed by atoms with Crippen molar-refractivity contribution < 1.29 is 0 Å². The van der Waals surface area contributed by atoms with Crippen molar-refractivity contribution in [2.75, 3.05) is 0 Å². The quantitative estimate of drug-likeness (QED) is 0.255. The molecule has 0 N–H and O–H groups in total. The SMILES string of the molecule is CC1(C)c2ccccc2-c2cc3c4ccccc4n(-c4ccc5nn(-c6ccccc6)nc5c4)c3cc21. The zero-order chi connectivity index (χ0) is 24.7. The van der Waals surface area contributed by atoms with E-state index in [0.29, 0.717) is 0 Å². The molecule has 7 aromatic rings. The number of nitrogens with zero attached hydrogens (tertiary/aromatic N) is 4. The molecular formula is C33H24N4. The Balaban J connectivity index is 1.40. The summed E-state index contributed by atoms with van der Waals surface area (Å²) in [5.41, 5.74) is 11.6. The van der Waals surface area contributed by atoms with Crippen LogP contribution >= 0.6 is 0 Å². The van der Waals surface area contributed by atoms with Gasteiger partial charge in [-0.2, -0.15) is 4.80 Å². The maximum Gasteiger partial charge on any atom is 0.115 e. The van der Waals surface area contributed by atoms with Crippen molar-refractivity contribution in [3.8, 4) is 22.5 Å². The van der Waals surface area contributed by atoms with Crippen LogP contribution in [0.5, 0.6) is 0 Å². The van der Waals surface area contributed by atoms with Gasteiger partial charge in [-0.25, -0.2) is 0 Å². The van der Waals surface area contributed by atoms with Gasteiger partial charge in [0.25, 0.3) is 0 Å². The second-order valence-corrected chi connectivity index (χ2v) is 10.4. The molecule has 8 rings (SSSR count). The predicted molar refractivity (Wildman–Crippen MR) is 151 cm³/mol. The highest BCUT2D eigenvalue weighted by Crippen LogP contribution is 2.50. The lowest BCUT2D eigenvalue weighted by molar-refractivity contribution is 0.661. The first kappa shape index (κ1) is 20.5. The van der Waals surface area contributed by atoms with E-state index in [9.17, 15) is 0 Å². The van der Waals surface area contributed by atoms with Crippen LogP contribution in [0.25, 0.3) is 55.3 Å². The second kappa shape index (κ2) is 7.17. The minimum atomic E-state index is -0.0519. The molecule has 0 bridgehead atoms. The van der Waals surface area contributed by atoms with Gasteiger partial charge in [-0.05, 0) is 70.8 Å². The zero-order valence-electron chi connectivity index (χ0n) is 20.7. The minimum absolute atomic E-state index is 0.0519. The molecule has 176 valence electrons. The summed E-state index contributed by atoms with van der Waals surface area (Å²) in [4.78, 5) is 1.72. The predicted octanol–water partition coefficient (Wildman–Crippen LogP) is 7.82. The van der Waals surface area contributed by atoms with Gasteiger partial charge in [0.1, 0.15) is 11.0 Å². The summed E-state index contributed by atoms with van der Waals surface area (Å²) in [7, 11) is 0. The minimum Gasteiger partial charge on any atom is -0.309 e. The molecule has 1 aliphatic carbocycles. The lowest BCUT2D eigenvalue weighted by atomic mass is 9.82. The van der Waals surface area contributed by atoms with E-state index in [1.54, 1.807) is 4.80 Å². The summed E-state index contributed by atoms with van der Waals surface area (Å²) in [5.74, 6) is 0. The smallest absolute Gasteiger partial charge is 0.115 e. The van der Waals surface area contributed by atoms with Crippen LogP contribution in [-0.2, 0) is 5.41 Å². The topological polar surface area (TPSA) is 35.6 Å². The first-order valence-corrected chi connectivity index (χ1v) is 12.7. The Hall–Kier alpha value is -4.70. The fourth-order valence-corrected chi connectivity index (χ4v) is 6.16. The van der Waals surface area contributed by atoms with Crippen molar-refractivity contribution in [3.63, 3.8) is 0 Å². The van der Waals surface area contributed by atoms with Gasteiger partial charge in [-0.1, -0.05) is 74.5 Å². The number of aromatic nitrogens is 4. The fraction of sp³-hybridized carbons (Fsp3) is 0.0909. The van der Waals surface area contributed by atoms with Gasteiger partial charge in [-0.15, -0.1) is 10.2 Å². The van der Waals surface area contributed by atoms with Crippen LogP contribution in [-0.4, -0.2) is 19.6 Å². The third-order valence-corrected chi connectivity index (χ3v) is 7.99. The lowest BCUT2D eigenvalue weighted by Gasteiger charge is -2.21. The molecule has 0 unspecified atom stereocenters. The average Bonchev–Trinajstić information content (AvgIpc) is 3.57. The fourth-order valence-electron chi connectivity index (χ4n) is 6.16. The summed E-state index contributed by atoms with van der Waals surface area (Å²) in [5, 5.41) is 12.1. The highest BCUT2D eigenvalue weighted by molar-refractivity contribution is 6.11. The van der Waals surface area contributed by atoms with Crippen LogP contribution < -0.4 is 0 Å². The summed E-state index contributed by atoms with van der Waals surface area (Å²) in [6.45, 7) is 4.68. The molecule has 2 heterocycles. The van der Waals surface area contributed by atoms with Gasteiger partial charge in [0.05, 0.1) is 16.7 Å². The first-order valence-electron chi connectivity index (χ1n) is 12.7. The first-order chi connectivity index (χ1) is 18.1. The Morgan fingerprint density at radius 3 is 2.19 bits per heavy atom. The average molecular weight is 477 g/mol. The van der Waals surface area contributed by atoms with Gasteiger partial charge in [0, 0.05) is 21.9 Å².